The van der Waals surface area contributed by atoms with E-state index in [0.717, 1.165) is 28.8 Å². The third-order valence-corrected chi connectivity index (χ3v) is 4.78. The molecule has 2 aromatic rings. The number of hydrogen-bond acceptors (Lipinski definition) is 3. The summed E-state index contributed by atoms with van der Waals surface area (Å²) in [6.07, 6.45) is 2.14. The van der Waals surface area contributed by atoms with E-state index in [0.29, 0.717) is 10.8 Å². The van der Waals surface area contributed by atoms with Gasteiger partial charge in [0.1, 0.15) is 0 Å². The number of anilines is 1. The molecule has 0 fully saturated rings. The first kappa shape index (κ1) is 13.3. The fourth-order valence-corrected chi connectivity index (χ4v) is 3.57. The molecular formula is C16H13BrClNO2. The van der Waals surface area contributed by atoms with E-state index < -0.39 is 0 Å². The number of rotatable bonds is 2. The van der Waals surface area contributed by atoms with E-state index in [2.05, 4.69) is 39.4 Å². The lowest BCUT2D eigenvalue weighted by Crippen LogP contribution is -2.07. The van der Waals surface area contributed by atoms with Crippen LogP contribution in [-0.4, -0.2) is 6.79 Å². The minimum absolute atomic E-state index is 0.259. The van der Waals surface area contributed by atoms with Crippen molar-refractivity contribution in [1.29, 1.82) is 0 Å². The summed E-state index contributed by atoms with van der Waals surface area (Å²) in [5.74, 6) is 1.46. The van der Waals surface area contributed by atoms with Crippen molar-refractivity contribution < 1.29 is 9.47 Å². The molecule has 21 heavy (non-hydrogen) atoms. The van der Waals surface area contributed by atoms with Crippen molar-refractivity contribution in [3.8, 4) is 11.5 Å². The molecule has 3 nitrogen and oxygen atoms in total. The van der Waals surface area contributed by atoms with Crippen LogP contribution in [0.1, 0.15) is 23.6 Å². The topological polar surface area (TPSA) is 30.5 Å². The van der Waals surface area contributed by atoms with Gasteiger partial charge in [-0.1, -0.05) is 33.6 Å². The van der Waals surface area contributed by atoms with Crippen LogP contribution >= 0.6 is 27.5 Å². The Morgan fingerprint density at radius 3 is 2.81 bits per heavy atom. The summed E-state index contributed by atoms with van der Waals surface area (Å²) in [6.45, 7) is 0.259. The molecule has 0 spiro atoms. The number of fused-ring (bicyclic) bond motifs is 2. The van der Waals surface area contributed by atoms with E-state index >= 15 is 0 Å². The Balaban J connectivity index is 1.64. The molecule has 0 saturated heterocycles. The Morgan fingerprint density at radius 1 is 1.14 bits per heavy atom. The number of nitrogens with one attached hydrogen (secondary N) is 1. The van der Waals surface area contributed by atoms with Gasteiger partial charge in [0, 0.05) is 16.6 Å². The molecule has 2 aliphatic rings. The summed E-state index contributed by atoms with van der Waals surface area (Å²) >= 11 is 9.86. The molecule has 4 rings (SSSR count). The second kappa shape index (κ2) is 5.11. The second-order valence-electron chi connectivity index (χ2n) is 5.26. The van der Waals surface area contributed by atoms with Gasteiger partial charge in [0.2, 0.25) is 6.79 Å². The summed E-state index contributed by atoms with van der Waals surface area (Å²) < 4.78 is 11.9. The van der Waals surface area contributed by atoms with Crippen molar-refractivity contribution in [1.82, 2.24) is 0 Å². The summed E-state index contributed by atoms with van der Waals surface area (Å²) in [4.78, 5) is 0. The Hall–Kier alpha value is -1.39. The molecule has 1 atom stereocenters. The van der Waals surface area contributed by atoms with E-state index in [-0.39, 0.29) is 12.8 Å². The van der Waals surface area contributed by atoms with Crippen molar-refractivity contribution in [3.05, 3.63) is 51.0 Å². The van der Waals surface area contributed by atoms with Crippen molar-refractivity contribution in [3.63, 3.8) is 0 Å². The summed E-state index contributed by atoms with van der Waals surface area (Å²) in [6, 6.07) is 10.5. The maximum Gasteiger partial charge on any atom is 0.231 e. The predicted molar refractivity (Wildman–Crippen MR) is 86.4 cm³/mol. The fraction of sp³-hybridized carbons (Fsp3) is 0.250. The van der Waals surface area contributed by atoms with E-state index in [4.69, 9.17) is 21.1 Å². The number of aryl methyl sites for hydroxylation is 1. The zero-order valence-electron chi connectivity index (χ0n) is 11.2. The molecule has 0 aromatic heterocycles. The third kappa shape index (κ3) is 2.36. The molecule has 1 aliphatic carbocycles. The van der Waals surface area contributed by atoms with Crippen molar-refractivity contribution in [2.24, 2.45) is 0 Å². The second-order valence-corrected chi connectivity index (χ2v) is 6.59. The van der Waals surface area contributed by atoms with Crippen LogP contribution in [0.4, 0.5) is 5.69 Å². The Labute approximate surface area is 136 Å². The Morgan fingerprint density at radius 2 is 1.95 bits per heavy atom. The first-order valence-electron chi connectivity index (χ1n) is 6.85. The van der Waals surface area contributed by atoms with Gasteiger partial charge in [0.25, 0.3) is 0 Å². The van der Waals surface area contributed by atoms with Crippen LogP contribution in [0.3, 0.4) is 0 Å². The number of hydrogen-bond donors (Lipinski definition) is 1. The van der Waals surface area contributed by atoms with Crippen LogP contribution in [0.25, 0.3) is 0 Å². The lowest BCUT2D eigenvalue weighted by Gasteiger charge is -2.17. The van der Waals surface area contributed by atoms with Crippen LogP contribution in [0, 0.1) is 0 Å². The lowest BCUT2D eigenvalue weighted by atomic mass is 10.1. The number of halogens is 2. The van der Waals surface area contributed by atoms with E-state index in [1.807, 2.05) is 12.1 Å². The number of benzene rings is 2. The van der Waals surface area contributed by atoms with Crippen LogP contribution in [0.5, 0.6) is 11.5 Å². The van der Waals surface area contributed by atoms with Gasteiger partial charge in [0.15, 0.2) is 11.5 Å². The average Bonchev–Trinajstić information content (AvgIpc) is 3.06. The third-order valence-electron chi connectivity index (χ3n) is 3.97. The van der Waals surface area contributed by atoms with Crippen LogP contribution in [0.15, 0.2) is 34.8 Å². The highest BCUT2D eigenvalue weighted by atomic mass is 79.9. The fourth-order valence-electron chi connectivity index (χ4n) is 2.95. The summed E-state index contributed by atoms with van der Waals surface area (Å²) in [5.41, 5.74) is 3.62. The SMILES string of the molecule is Clc1cc2c(cc1NC1CCc3cc(Br)ccc31)OCO2. The predicted octanol–water partition coefficient (Wildman–Crippen LogP) is 4.93. The van der Waals surface area contributed by atoms with Crippen molar-refractivity contribution in [2.75, 3.05) is 12.1 Å². The van der Waals surface area contributed by atoms with E-state index in [1.165, 1.54) is 11.1 Å². The molecular weight excluding hydrogens is 354 g/mol. The van der Waals surface area contributed by atoms with Gasteiger partial charge in [-0.2, -0.15) is 0 Å². The van der Waals surface area contributed by atoms with Gasteiger partial charge in [-0.15, -0.1) is 0 Å². The maximum absolute atomic E-state index is 6.33. The molecule has 1 N–H and O–H groups in total. The minimum atomic E-state index is 0.259. The zero-order chi connectivity index (χ0) is 14.4. The standard InChI is InChI=1S/C16H13BrClNO2/c17-10-2-3-11-9(5-10)1-4-13(11)19-14-7-16-15(6-12(14)18)20-8-21-16/h2-3,5-7,13,19H,1,4,8H2. The Bertz CT molecular complexity index is 720. The van der Waals surface area contributed by atoms with Crippen LogP contribution in [0.2, 0.25) is 5.02 Å². The van der Waals surface area contributed by atoms with Gasteiger partial charge in [-0.25, -0.2) is 0 Å². The molecule has 0 amide bonds. The van der Waals surface area contributed by atoms with Gasteiger partial charge in [0.05, 0.1) is 16.8 Å². The quantitative estimate of drug-likeness (QED) is 0.817. The van der Waals surface area contributed by atoms with Gasteiger partial charge >= 0.3 is 0 Å². The monoisotopic (exact) mass is 365 g/mol. The van der Waals surface area contributed by atoms with Gasteiger partial charge in [-0.3, -0.25) is 0 Å². The maximum atomic E-state index is 6.33. The molecule has 1 unspecified atom stereocenters. The Kier molecular flexibility index (Phi) is 3.23. The largest absolute Gasteiger partial charge is 0.454 e. The molecule has 0 radical (unpaired) electrons. The summed E-state index contributed by atoms with van der Waals surface area (Å²) in [7, 11) is 0. The molecule has 1 aliphatic heterocycles. The van der Waals surface area contributed by atoms with E-state index in [9.17, 15) is 0 Å². The zero-order valence-corrected chi connectivity index (χ0v) is 13.5. The lowest BCUT2D eigenvalue weighted by molar-refractivity contribution is 0.174. The molecule has 108 valence electrons. The van der Waals surface area contributed by atoms with Crippen molar-refractivity contribution >= 4 is 33.2 Å². The van der Waals surface area contributed by atoms with Gasteiger partial charge in [-0.05, 0) is 36.1 Å². The number of ether oxygens (including phenoxy) is 2. The normalized spacial score (nSPS) is 18.7. The smallest absolute Gasteiger partial charge is 0.231 e. The minimum Gasteiger partial charge on any atom is -0.454 e. The molecule has 5 heteroatoms. The highest BCUT2D eigenvalue weighted by Crippen LogP contribution is 2.42. The first-order chi connectivity index (χ1) is 10.2. The first-order valence-corrected chi connectivity index (χ1v) is 8.02. The molecule has 1 heterocycles. The van der Waals surface area contributed by atoms with E-state index in [1.54, 1.807) is 0 Å². The van der Waals surface area contributed by atoms with Crippen LogP contribution in [-0.2, 0) is 6.42 Å². The van der Waals surface area contributed by atoms with Crippen molar-refractivity contribution in [2.45, 2.75) is 18.9 Å². The molecule has 0 saturated carbocycles. The van der Waals surface area contributed by atoms with Crippen LogP contribution < -0.4 is 14.8 Å². The molecule has 0 bridgehead atoms. The molecule has 2 aromatic carbocycles. The van der Waals surface area contributed by atoms with Gasteiger partial charge < -0.3 is 14.8 Å². The highest BCUT2D eigenvalue weighted by molar-refractivity contribution is 9.10. The summed E-state index contributed by atoms with van der Waals surface area (Å²) in [5, 5.41) is 4.19. The highest BCUT2D eigenvalue weighted by Gasteiger charge is 2.24. The average molecular weight is 367 g/mol.